The van der Waals surface area contributed by atoms with Gasteiger partial charge in [-0.3, -0.25) is 0 Å². The fourth-order valence-corrected chi connectivity index (χ4v) is 2.44. The summed E-state index contributed by atoms with van der Waals surface area (Å²) in [5, 5.41) is 0. The van der Waals surface area contributed by atoms with Crippen LogP contribution in [0.4, 0.5) is 0 Å². The Morgan fingerprint density at radius 1 is 0.619 bits per heavy atom. The second-order valence-corrected chi connectivity index (χ2v) is 4.97. The van der Waals surface area contributed by atoms with Crippen molar-refractivity contribution in [1.82, 2.24) is 0 Å². The average molecular weight is 269 g/mol. The molecule has 0 amide bonds. The van der Waals surface area contributed by atoms with Crippen molar-refractivity contribution in [2.45, 2.75) is 0 Å². The van der Waals surface area contributed by atoms with Gasteiger partial charge in [-0.2, -0.15) is 0 Å². The van der Waals surface area contributed by atoms with E-state index in [9.17, 15) is 0 Å². The van der Waals surface area contributed by atoms with Gasteiger partial charge in [0.2, 0.25) is 0 Å². The van der Waals surface area contributed by atoms with E-state index in [-0.39, 0.29) is 0 Å². The van der Waals surface area contributed by atoms with Gasteiger partial charge in [0, 0.05) is 6.42 Å². The van der Waals surface area contributed by atoms with Gasteiger partial charge < -0.3 is 0 Å². The van der Waals surface area contributed by atoms with E-state index in [0.29, 0.717) is 0 Å². The van der Waals surface area contributed by atoms with Gasteiger partial charge in [0.1, 0.15) is 0 Å². The maximum Gasteiger partial charge on any atom is 0.0199 e. The first kappa shape index (κ1) is 13.4. The van der Waals surface area contributed by atoms with Crippen LogP contribution >= 0.6 is 0 Å². The lowest BCUT2D eigenvalue weighted by Crippen LogP contribution is -1.86. The summed E-state index contributed by atoms with van der Waals surface area (Å²) in [4.78, 5) is 0. The first-order chi connectivity index (χ1) is 10.4. The van der Waals surface area contributed by atoms with Crippen molar-refractivity contribution in [2.24, 2.45) is 0 Å². The van der Waals surface area contributed by atoms with E-state index in [4.69, 9.17) is 0 Å². The molecule has 0 aromatic heterocycles. The Kier molecular flexibility index (Phi) is 3.97. The molecule has 1 radical (unpaired) electrons. The van der Waals surface area contributed by atoms with Gasteiger partial charge in [-0.25, -0.2) is 0 Å². The number of hydrogen-bond donors (Lipinski definition) is 0. The van der Waals surface area contributed by atoms with E-state index >= 15 is 0 Å². The van der Waals surface area contributed by atoms with Crippen LogP contribution in [0.5, 0.6) is 0 Å². The highest BCUT2D eigenvalue weighted by atomic mass is 14.1. The van der Waals surface area contributed by atoms with Crippen LogP contribution < -0.4 is 0 Å². The summed E-state index contributed by atoms with van der Waals surface area (Å²) in [7, 11) is 0. The van der Waals surface area contributed by atoms with Crippen LogP contribution in [-0.2, 0) is 0 Å². The first-order valence-electron chi connectivity index (χ1n) is 7.08. The SMILES string of the molecule is C=Cc1ccccc1-c1ccc([CH]c2ccccc2)cc1. The third-order valence-corrected chi connectivity index (χ3v) is 3.54. The predicted octanol–water partition coefficient (Wildman–Crippen LogP) is 5.60. The topological polar surface area (TPSA) is 0 Å². The van der Waals surface area contributed by atoms with Crippen LogP contribution in [-0.4, -0.2) is 0 Å². The van der Waals surface area contributed by atoms with Gasteiger partial charge in [0.15, 0.2) is 0 Å². The van der Waals surface area contributed by atoms with Crippen LogP contribution in [0.1, 0.15) is 16.7 Å². The molecule has 0 bridgehead atoms. The highest BCUT2D eigenvalue weighted by Gasteiger charge is 2.02. The first-order valence-corrected chi connectivity index (χ1v) is 7.08. The third-order valence-electron chi connectivity index (χ3n) is 3.54. The molecule has 0 N–H and O–H groups in total. The lowest BCUT2D eigenvalue weighted by atomic mass is 9.97. The Hall–Kier alpha value is -2.60. The van der Waals surface area contributed by atoms with Gasteiger partial charge in [-0.15, -0.1) is 0 Å². The monoisotopic (exact) mass is 269 g/mol. The van der Waals surface area contributed by atoms with E-state index in [1.165, 1.54) is 22.3 Å². The van der Waals surface area contributed by atoms with E-state index in [1.54, 1.807) is 0 Å². The molecule has 3 rings (SSSR count). The average Bonchev–Trinajstić information content (AvgIpc) is 2.56. The van der Waals surface area contributed by atoms with Crippen molar-refractivity contribution >= 4 is 6.08 Å². The summed E-state index contributed by atoms with van der Waals surface area (Å²) in [5.74, 6) is 0. The lowest BCUT2D eigenvalue weighted by Gasteiger charge is -2.07. The zero-order chi connectivity index (χ0) is 14.5. The van der Waals surface area contributed by atoms with Crippen LogP contribution in [0.15, 0.2) is 85.4 Å². The largest absolute Gasteiger partial charge is 0.0984 e. The summed E-state index contributed by atoms with van der Waals surface area (Å²) in [6, 6.07) is 27.3. The fourth-order valence-electron chi connectivity index (χ4n) is 2.44. The van der Waals surface area contributed by atoms with Crippen molar-refractivity contribution in [3.63, 3.8) is 0 Å². The minimum Gasteiger partial charge on any atom is -0.0984 e. The van der Waals surface area contributed by atoms with Gasteiger partial charge in [-0.05, 0) is 27.8 Å². The minimum atomic E-state index is 1.16. The molecule has 0 nitrogen and oxygen atoms in total. The van der Waals surface area contributed by atoms with Gasteiger partial charge >= 0.3 is 0 Å². The molecule has 0 saturated carbocycles. The molecule has 0 aliphatic heterocycles. The molecule has 0 atom stereocenters. The predicted molar refractivity (Wildman–Crippen MR) is 90.9 cm³/mol. The van der Waals surface area contributed by atoms with E-state index in [0.717, 1.165) is 5.56 Å². The quantitative estimate of drug-likeness (QED) is 0.578. The highest BCUT2D eigenvalue weighted by molar-refractivity contribution is 5.74. The standard InChI is InChI=1S/C21H17/c1-2-19-10-6-7-11-21(19)20-14-12-18(13-15-20)16-17-8-4-3-5-9-17/h2-16H,1H2. The van der Waals surface area contributed by atoms with Gasteiger partial charge in [0.05, 0.1) is 0 Å². The molecule has 101 valence electrons. The number of hydrogen-bond acceptors (Lipinski definition) is 0. The Balaban J connectivity index is 1.86. The van der Waals surface area contributed by atoms with E-state index in [2.05, 4.69) is 79.7 Å². The van der Waals surface area contributed by atoms with Crippen LogP contribution in [0.3, 0.4) is 0 Å². The number of rotatable bonds is 4. The van der Waals surface area contributed by atoms with Crippen molar-refractivity contribution < 1.29 is 0 Å². The molecule has 0 aliphatic carbocycles. The van der Waals surface area contributed by atoms with E-state index in [1.807, 2.05) is 18.2 Å². The molecule has 0 fully saturated rings. The smallest absolute Gasteiger partial charge is 0.0199 e. The summed E-state index contributed by atoms with van der Waals surface area (Å²) in [5.41, 5.74) is 6.03. The van der Waals surface area contributed by atoms with Crippen molar-refractivity contribution in [2.75, 3.05) is 0 Å². The molecule has 3 aromatic rings. The molecule has 0 unspecified atom stereocenters. The third kappa shape index (κ3) is 3.11. The second-order valence-electron chi connectivity index (χ2n) is 4.97. The van der Waals surface area contributed by atoms with Crippen molar-refractivity contribution in [1.29, 1.82) is 0 Å². The van der Waals surface area contributed by atoms with E-state index < -0.39 is 0 Å². The van der Waals surface area contributed by atoms with Crippen molar-refractivity contribution in [3.8, 4) is 11.1 Å². The molecule has 0 aliphatic rings. The molecule has 21 heavy (non-hydrogen) atoms. The van der Waals surface area contributed by atoms with Gasteiger partial charge in [-0.1, -0.05) is 91.5 Å². The summed E-state index contributed by atoms with van der Waals surface area (Å²) >= 11 is 0. The zero-order valence-electron chi connectivity index (χ0n) is 11.9. The summed E-state index contributed by atoms with van der Waals surface area (Å²) in [6.07, 6.45) is 4.09. The maximum atomic E-state index is 3.88. The van der Waals surface area contributed by atoms with Gasteiger partial charge in [0.25, 0.3) is 0 Å². The van der Waals surface area contributed by atoms with Crippen LogP contribution in [0.25, 0.3) is 17.2 Å². The molecular weight excluding hydrogens is 252 g/mol. The Bertz CT molecular complexity index is 722. The molecule has 0 heteroatoms. The van der Waals surface area contributed by atoms with Crippen molar-refractivity contribution in [3.05, 3.63) is 109 Å². The normalized spacial score (nSPS) is 10.3. The molecular formula is C21H17. The second kappa shape index (κ2) is 6.23. The highest BCUT2D eigenvalue weighted by Crippen LogP contribution is 2.25. The Labute approximate surface area is 126 Å². The maximum absolute atomic E-state index is 3.88. The zero-order valence-corrected chi connectivity index (χ0v) is 11.9. The molecule has 0 heterocycles. The molecule has 0 spiro atoms. The fraction of sp³-hybridized carbons (Fsp3) is 0. The number of benzene rings is 3. The summed E-state index contributed by atoms with van der Waals surface area (Å²) < 4.78 is 0. The molecule has 3 aromatic carbocycles. The molecule has 0 saturated heterocycles. The van der Waals surface area contributed by atoms with Crippen LogP contribution in [0, 0.1) is 6.42 Å². The Morgan fingerprint density at radius 3 is 1.95 bits per heavy atom. The Morgan fingerprint density at radius 2 is 1.24 bits per heavy atom. The van der Waals surface area contributed by atoms with Crippen LogP contribution in [0.2, 0.25) is 0 Å². The minimum absolute atomic E-state index is 1.16. The lowest BCUT2D eigenvalue weighted by molar-refractivity contribution is 1.43. The summed E-state index contributed by atoms with van der Waals surface area (Å²) in [6.45, 7) is 3.88.